The van der Waals surface area contributed by atoms with Crippen LogP contribution in [-0.4, -0.2) is 21.6 Å². The third-order valence-corrected chi connectivity index (χ3v) is 3.07. The summed E-state index contributed by atoms with van der Waals surface area (Å²) in [5.41, 5.74) is 1.17. The standard InChI is InChI=1S/C13H15N3O2S/c1-3-19-13-15-9(2)7-11(16-13)12(17)14-8-10-5-4-6-18-10/h4-7H,3,8H2,1-2H3,(H,14,17). The van der Waals surface area contributed by atoms with E-state index < -0.39 is 0 Å². The number of carbonyl (C=O) groups is 1. The Morgan fingerprint density at radius 3 is 3.00 bits per heavy atom. The number of rotatable bonds is 5. The van der Waals surface area contributed by atoms with Gasteiger partial charge in [-0.2, -0.15) is 0 Å². The van der Waals surface area contributed by atoms with Crippen molar-refractivity contribution in [1.82, 2.24) is 15.3 Å². The molecule has 2 aromatic rings. The summed E-state index contributed by atoms with van der Waals surface area (Å²) in [5, 5.41) is 3.40. The molecule has 0 radical (unpaired) electrons. The average Bonchev–Trinajstić information content (AvgIpc) is 2.88. The summed E-state index contributed by atoms with van der Waals surface area (Å²) in [5.74, 6) is 1.36. The number of thioether (sulfide) groups is 1. The first kappa shape index (κ1) is 13.6. The van der Waals surface area contributed by atoms with Gasteiger partial charge in [-0.05, 0) is 30.9 Å². The van der Waals surface area contributed by atoms with Gasteiger partial charge < -0.3 is 9.73 Å². The summed E-state index contributed by atoms with van der Waals surface area (Å²) in [4.78, 5) is 20.5. The van der Waals surface area contributed by atoms with Crippen molar-refractivity contribution in [3.63, 3.8) is 0 Å². The molecule has 0 spiro atoms. The predicted octanol–water partition coefficient (Wildman–Crippen LogP) is 2.42. The zero-order chi connectivity index (χ0) is 13.7. The second kappa shape index (κ2) is 6.38. The highest BCUT2D eigenvalue weighted by molar-refractivity contribution is 7.99. The number of nitrogens with one attached hydrogen (secondary N) is 1. The number of nitrogens with zero attached hydrogens (tertiary/aromatic N) is 2. The van der Waals surface area contributed by atoms with Gasteiger partial charge in [0.25, 0.3) is 5.91 Å². The third-order valence-electron chi connectivity index (χ3n) is 2.34. The zero-order valence-corrected chi connectivity index (χ0v) is 11.7. The van der Waals surface area contributed by atoms with E-state index in [1.54, 1.807) is 18.4 Å². The number of aryl methyl sites for hydroxylation is 1. The van der Waals surface area contributed by atoms with E-state index in [2.05, 4.69) is 15.3 Å². The molecule has 0 aliphatic heterocycles. The van der Waals surface area contributed by atoms with Gasteiger partial charge in [-0.3, -0.25) is 4.79 Å². The summed E-state index contributed by atoms with van der Waals surface area (Å²) in [6.45, 7) is 4.23. The number of amides is 1. The van der Waals surface area contributed by atoms with Crippen molar-refractivity contribution in [3.05, 3.63) is 41.6 Å². The van der Waals surface area contributed by atoms with Gasteiger partial charge in [0, 0.05) is 5.69 Å². The Morgan fingerprint density at radius 1 is 1.47 bits per heavy atom. The van der Waals surface area contributed by atoms with Crippen LogP contribution < -0.4 is 5.32 Å². The van der Waals surface area contributed by atoms with E-state index in [4.69, 9.17) is 4.42 Å². The molecule has 100 valence electrons. The van der Waals surface area contributed by atoms with Crippen LogP contribution in [0.2, 0.25) is 0 Å². The van der Waals surface area contributed by atoms with Crippen LogP contribution in [0.1, 0.15) is 28.9 Å². The van der Waals surface area contributed by atoms with Crippen LogP contribution in [0.4, 0.5) is 0 Å². The predicted molar refractivity (Wildman–Crippen MR) is 73.0 cm³/mol. The van der Waals surface area contributed by atoms with E-state index in [9.17, 15) is 4.79 Å². The second-order valence-corrected chi connectivity index (χ2v) is 5.10. The molecule has 0 saturated heterocycles. The molecule has 0 saturated carbocycles. The fourth-order valence-corrected chi connectivity index (χ4v) is 2.15. The van der Waals surface area contributed by atoms with Crippen molar-refractivity contribution in [2.24, 2.45) is 0 Å². The molecule has 0 unspecified atom stereocenters. The maximum Gasteiger partial charge on any atom is 0.270 e. The van der Waals surface area contributed by atoms with Crippen molar-refractivity contribution < 1.29 is 9.21 Å². The highest BCUT2D eigenvalue weighted by Crippen LogP contribution is 2.13. The summed E-state index contributed by atoms with van der Waals surface area (Å²) in [7, 11) is 0. The number of hydrogen-bond donors (Lipinski definition) is 1. The summed E-state index contributed by atoms with van der Waals surface area (Å²) in [6.07, 6.45) is 1.58. The molecule has 1 N–H and O–H groups in total. The van der Waals surface area contributed by atoms with E-state index in [1.807, 2.05) is 19.9 Å². The Morgan fingerprint density at radius 2 is 2.32 bits per heavy atom. The minimum absolute atomic E-state index is 0.222. The molecular weight excluding hydrogens is 262 g/mol. The minimum atomic E-state index is -0.222. The number of aromatic nitrogens is 2. The molecule has 2 heterocycles. The van der Waals surface area contributed by atoms with Crippen molar-refractivity contribution in [1.29, 1.82) is 0 Å². The molecule has 0 bridgehead atoms. The topological polar surface area (TPSA) is 68.0 Å². The lowest BCUT2D eigenvalue weighted by Gasteiger charge is -2.05. The lowest BCUT2D eigenvalue weighted by atomic mass is 10.3. The molecule has 0 atom stereocenters. The van der Waals surface area contributed by atoms with Gasteiger partial charge in [0.15, 0.2) is 5.16 Å². The first-order valence-electron chi connectivity index (χ1n) is 5.98. The monoisotopic (exact) mass is 277 g/mol. The van der Waals surface area contributed by atoms with Gasteiger partial charge in [0.2, 0.25) is 0 Å². The van der Waals surface area contributed by atoms with E-state index in [-0.39, 0.29) is 5.91 Å². The zero-order valence-electron chi connectivity index (χ0n) is 10.8. The summed E-state index contributed by atoms with van der Waals surface area (Å²) >= 11 is 1.52. The summed E-state index contributed by atoms with van der Waals surface area (Å²) < 4.78 is 5.15. The first-order chi connectivity index (χ1) is 9.19. The Hall–Kier alpha value is -1.82. The minimum Gasteiger partial charge on any atom is -0.467 e. The van der Waals surface area contributed by atoms with Gasteiger partial charge in [-0.25, -0.2) is 9.97 Å². The molecule has 0 aromatic carbocycles. The number of carbonyl (C=O) groups excluding carboxylic acids is 1. The number of hydrogen-bond acceptors (Lipinski definition) is 5. The van der Waals surface area contributed by atoms with Crippen LogP contribution in [0.3, 0.4) is 0 Å². The van der Waals surface area contributed by atoms with Gasteiger partial charge >= 0.3 is 0 Å². The Balaban J connectivity index is 2.05. The Bertz CT molecular complexity index is 555. The normalized spacial score (nSPS) is 10.4. The van der Waals surface area contributed by atoms with Crippen LogP contribution in [0.5, 0.6) is 0 Å². The van der Waals surface area contributed by atoms with Gasteiger partial charge in [-0.15, -0.1) is 0 Å². The average molecular weight is 277 g/mol. The lowest BCUT2D eigenvalue weighted by molar-refractivity contribution is 0.0942. The van der Waals surface area contributed by atoms with Gasteiger partial charge in [-0.1, -0.05) is 18.7 Å². The smallest absolute Gasteiger partial charge is 0.270 e. The molecule has 5 nitrogen and oxygen atoms in total. The van der Waals surface area contributed by atoms with Crippen LogP contribution in [0, 0.1) is 6.92 Å². The highest BCUT2D eigenvalue weighted by atomic mass is 32.2. The van der Waals surface area contributed by atoms with E-state index in [0.717, 1.165) is 11.4 Å². The largest absolute Gasteiger partial charge is 0.467 e. The maximum absolute atomic E-state index is 12.0. The molecule has 6 heteroatoms. The van der Waals surface area contributed by atoms with Crippen molar-refractivity contribution in [2.45, 2.75) is 25.5 Å². The molecule has 2 aromatic heterocycles. The van der Waals surface area contributed by atoms with E-state index in [0.29, 0.717) is 23.2 Å². The fourth-order valence-electron chi connectivity index (χ4n) is 1.52. The van der Waals surface area contributed by atoms with Crippen LogP contribution in [0.25, 0.3) is 0 Å². The second-order valence-electron chi connectivity index (χ2n) is 3.87. The molecule has 2 rings (SSSR count). The molecule has 0 fully saturated rings. The van der Waals surface area contributed by atoms with Crippen molar-refractivity contribution >= 4 is 17.7 Å². The van der Waals surface area contributed by atoms with Gasteiger partial charge in [0.1, 0.15) is 11.5 Å². The van der Waals surface area contributed by atoms with Crippen molar-refractivity contribution in [3.8, 4) is 0 Å². The van der Waals surface area contributed by atoms with E-state index in [1.165, 1.54) is 11.8 Å². The van der Waals surface area contributed by atoms with Crippen LogP contribution in [0.15, 0.2) is 34.0 Å². The highest BCUT2D eigenvalue weighted by Gasteiger charge is 2.10. The molecule has 0 aliphatic carbocycles. The SMILES string of the molecule is CCSc1nc(C)cc(C(=O)NCc2ccco2)n1. The first-order valence-corrected chi connectivity index (χ1v) is 6.96. The van der Waals surface area contributed by atoms with E-state index >= 15 is 0 Å². The summed E-state index contributed by atoms with van der Waals surface area (Å²) in [6, 6.07) is 5.27. The number of furan rings is 1. The quantitative estimate of drug-likeness (QED) is 0.671. The molecule has 19 heavy (non-hydrogen) atoms. The molecule has 0 aliphatic rings. The Kier molecular flexibility index (Phi) is 4.57. The maximum atomic E-state index is 12.0. The Labute approximate surface area is 115 Å². The molecular formula is C13H15N3O2S. The van der Waals surface area contributed by atoms with Crippen molar-refractivity contribution in [2.75, 3.05) is 5.75 Å². The fraction of sp³-hybridized carbons (Fsp3) is 0.308. The van der Waals surface area contributed by atoms with Crippen LogP contribution >= 0.6 is 11.8 Å². The van der Waals surface area contributed by atoms with Gasteiger partial charge in [0.05, 0.1) is 12.8 Å². The lowest BCUT2D eigenvalue weighted by Crippen LogP contribution is -2.24. The molecule has 1 amide bonds. The van der Waals surface area contributed by atoms with Crippen LogP contribution in [-0.2, 0) is 6.54 Å². The third kappa shape index (κ3) is 3.82.